The fourth-order valence-electron chi connectivity index (χ4n) is 3.06. The molecule has 3 aromatic rings. The summed E-state index contributed by atoms with van der Waals surface area (Å²) in [5.74, 6) is -0.425. The smallest absolute Gasteiger partial charge is 0.377 e. The predicted molar refractivity (Wildman–Crippen MR) is 102 cm³/mol. The van der Waals surface area contributed by atoms with E-state index in [1.54, 1.807) is 24.3 Å². The number of rotatable bonds is 4. The van der Waals surface area contributed by atoms with Gasteiger partial charge in [0, 0.05) is 33.7 Å². The summed E-state index contributed by atoms with van der Waals surface area (Å²) in [5, 5.41) is -2.40. The molecule has 0 amide bonds. The SMILES string of the molecule is CC(=O)c1ccc2cc3c(OS(=O)(=O)C(C)(F)F)ccc4c3c(c2c1)SC4=O. The Bertz CT molecular complexity index is 1310. The van der Waals surface area contributed by atoms with Crippen molar-refractivity contribution < 1.29 is 31.0 Å². The lowest BCUT2D eigenvalue weighted by atomic mass is 9.97. The lowest BCUT2D eigenvalue weighted by Crippen LogP contribution is -2.29. The van der Waals surface area contributed by atoms with E-state index in [1.807, 2.05) is 0 Å². The van der Waals surface area contributed by atoms with Crippen LogP contribution in [0.25, 0.3) is 21.5 Å². The van der Waals surface area contributed by atoms with Gasteiger partial charge in [-0.15, -0.1) is 0 Å². The van der Waals surface area contributed by atoms with Crippen LogP contribution in [0.5, 0.6) is 5.75 Å². The van der Waals surface area contributed by atoms with E-state index in [9.17, 15) is 26.8 Å². The molecule has 0 atom stereocenters. The highest BCUT2D eigenvalue weighted by Crippen LogP contribution is 2.48. The van der Waals surface area contributed by atoms with Gasteiger partial charge in [-0.05, 0) is 53.7 Å². The average molecular weight is 422 g/mol. The number of alkyl halides is 2. The Hall–Kier alpha value is -2.52. The zero-order chi connectivity index (χ0) is 20.4. The van der Waals surface area contributed by atoms with Gasteiger partial charge in [0.1, 0.15) is 0 Å². The number of carbonyl (C=O) groups is 2. The molecule has 0 unspecified atom stereocenters. The van der Waals surface area contributed by atoms with Crippen LogP contribution in [0.4, 0.5) is 8.78 Å². The molecule has 1 heterocycles. The minimum atomic E-state index is -5.20. The van der Waals surface area contributed by atoms with E-state index in [4.69, 9.17) is 4.18 Å². The average Bonchev–Trinajstić information content (AvgIpc) is 2.93. The van der Waals surface area contributed by atoms with Gasteiger partial charge in [0.25, 0.3) is 0 Å². The zero-order valence-electron chi connectivity index (χ0n) is 14.6. The number of halogens is 2. The van der Waals surface area contributed by atoms with Gasteiger partial charge < -0.3 is 4.18 Å². The van der Waals surface area contributed by atoms with E-state index in [-0.39, 0.29) is 29.0 Å². The van der Waals surface area contributed by atoms with E-state index >= 15 is 0 Å². The van der Waals surface area contributed by atoms with Gasteiger partial charge in [-0.25, -0.2) is 0 Å². The monoisotopic (exact) mass is 422 g/mol. The van der Waals surface area contributed by atoms with Gasteiger partial charge in [-0.2, -0.15) is 17.2 Å². The molecule has 5 nitrogen and oxygen atoms in total. The number of hydrogen-bond donors (Lipinski definition) is 0. The number of benzene rings is 3. The number of Topliss-reactive ketones (excluding diaryl/α,β-unsaturated/α-hetero) is 1. The molecule has 0 spiro atoms. The standard InChI is InChI=1S/C19H12F2O5S2/c1-9(22)10-3-4-11-8-14-15(26-28(24,25)19(2,20)21)6-5-12-16(14)17(13(11)7-10)27-18(12)23/h3-8H,1-2H3. The number of carbonyl (C=O) groups excluding carboxylic acids is 2. The second-order valence-corrected chi connectivity index (χ2v) is 9.24. The lowest BCUT2D eigenvalue weighted by molar-refractivity contribution is 0.101. The Morgan fingerprint density at radius 3 is 2.46 bits per heavy atom. The van der Waals surface area contributed by atoms with Crippen molar-refractivity contribution >= 4 is 54.3 Å². The van der Waals surface area contributed by atoms with Crippen molar-refractivity contribution in [3.8, 4) is 5.75 Å². The molecule has 0 saturated heterocycles. The van der Waals surface area contributed by atoms with Gasteiger partial charge in [-0.3, -0.25) is 9.59 Å². The number of fused-ring (bicyclic) bond motifs is 2. The second kappa shape index (κ2) is 5.99. The van der Waals surface area contributed by atoms with Crippen molar-refractivity contribution in [3.63, 3.8) is 0 Å². The topological polar surface area (TPSA) is 77.5 Å². The van der Waals surface area contributed by atoms with Crippen LogP contribution in [0.2, 0.25) is 0 Å². The molecule has 0 radical (unpaired) electrons. The van der Waals surface area contributed by atoms with Gasteiger partial charge >= 0.3 is 15.4 Å². The normalized spacial score (nSPS) is 14.1. The van der Waals surface area contributed by atoms with Crippen molar-refractivity contribution in [1.29, 1.82) is 0 Å². The van der Waals surface area contributed by atoms with Crippen molar-refractivity contribution in [2.45, 2.75) is 24.0 Å². The van der Waals surface area contributed by atoms with Gasteiger partial charge in [-0.1, -0.05) is 12.1 Å². The van der Waals surface area contributed by atoms with Gasteiger partial charge in [0.05, 0.1) is 0 Å². The van der Waals surface area contributed by atoms with E-state index < -0.39 is 15.4 Å². The largest absolute Gasteiger partial charge is 0.378 e. The first-order valence-electron chi connectivity index (χ1n) is 8.08. The second-order valence-electron chi connectivity index (χ2n) is 6.47. The first-order valence-corrected chi connectivity index (χ1v) is 10.3. The molecule has 0 N–H and O–H groups in total. The summed E-state index contributed by atoms with van der Waals surface area (Å²) in [7, 11) is -5.20. The fraction of sp³-hybridized carbons (Fsp3) is 0.158. The Labute approximate surface area is 162 Å². The molecule has 9 heteroatoms. The molecule has 3 aromatic carbocycles. The Kier molecular flexibility index (Phi) is 4.03. The maximum atomic E-state index is 13.4. The lowest BCUT2D eigenvalue weighted by Gasteiger charge is -2.15. The molecular weight excluding hydrogens is 410 g/mol. The van der Waals surface area contributed by atoms with Crippen LogP contribution in [-0.2, 0) is 10.1 Å². The van der Waals surface area contributed by atoms with Gasteiger partial charge in [0.15, 0.2) is 11.5 Å². The quantitative estimate of drug-likeness (QED) is 0.343. The number of hydrogen-bond acceptors (Lipinski definition) is 6. The van der Waals surface area contributed by atoms with Crippen molar-refractivity contribution in [3.05, 3.63) is 47.5 Å². The van der Waals surface area contributed by atoms with Crippen molar-refractivity contribution in [2.75, 3.05) is 0 Å². The maximum Gasteiger partial charge on any atom is 0.377 e. The highest BCUT2D eigenvalue weighted by atomic mass is 32.2. The summed E-state index contributed by atoms with van der Waals surface area (Å²) in [6.07, 6.45) is 0. The summed E-state index contributed by atoms with van der Waals surface area (Å²) < 4.78 is 55.1. The molecular formula is C19H12F2O5S2. The van der Waals surface area contributed by atoms with Crippen LogP contribution in [0.15, 0.2) is 41.3 Å². The first-order chi connectivity index (χ1) is 13.0. The summed E-state index contributed by atoms with van der Waals surface area (Å²) in [6, 6.07) is 9.04. The van der Waals surface area contributed by atoms with Crippen LogP contribution in [-0.4, -0.2) is 24.6 Å². The number of ketones is 1. The molecule has 0 bridgehead atoms. The van der Waals surface area contributed by atoms with Crippen LogP contribution < -0.4 is 4.18 Å². The first kappa shape index (κ1) is 18.8. The molecule has 0 aliphatic carbocycles. The predicted octanol–water partition coefficient (Wildman–Crippen LogP) is 4.76. The molecule has 4 rings (SSSR count). The van der Waals surface area contributed by atoms with E-state index in [1.165, 1.54) is 19.1 Å². The van der Waals surface area contributed by atoms with Crippen molar-refractivity contribution in [1.82, 2.24) is 0 Å². The van der Waals surface area contributed by atoms with Crippen LogP contribution >= 0.6 is 11.8 Å². The summed E-state index contributed by atoms with van der Waals surface area (Å²) >= 11 is 0.948. The molecule has 0 saturated carbocycles. The highest BCUT2D eigenvalue weighted by molar-refractivity contribution is 8.15. The third kappa shape index (κ3) is 2.77. The van der Waals surface area contributed by atoms with E-state index in [0.29, 0.717) is 32.2 Å². The highest BCUT2D eigenvalue weighted by Gasteiger charge is 2.42. The molecule has 144 valence electrons. The number of thioether (sulfide) groups is 1. The van der Waals surface area contributed by atoms with Crippen LogP contribution in [0, 0.1) is 0 Å². The van der Waals surface area contributed by atoms with Gasteiger partial charge in [0.2, 0.25) is 5.12 Å². The Morgan fingerprint density at radius 1 is 1.11 bits per heavy atom. The minimum absolute atomic E-state index is 0.142. The van der Waals surface area contributed by atoms with E-state index in [0.717, 1.165) is 11.8 Å². The molecule has 1 aliphatic rings. The summed E-state index contributed by atoms with van der Waals surface area (Å²) in [5.41, 5.74) is 0.795. The third-order valence-corrected chi connectivity index (χ3v) is 6.80. The molecule has 28 heavy (non-hydrogen) atoms. The maximum absolute atomic E-state index is 13.4. The van der Waals surface area contributed by atoms with E-state index in [2.05, 4.69) is 0 Å². The van der Waals surface area contributed by atoms with Crippen molar-refractivity contribution in [2.24, 2.45) is 0 Å². The Morgan fingerprint density at radius 2 is 1.82 bits per heavy atom. The molecule has 0 fully saturated rings. The van der Waals surface area contributed by atoms with Crippen LogP contribution in [0.1, 0.15) is 34.6 Å². The van der Waals surface area contributed by atoms with Crippen LogP contribution in [0.3, 0.4) is 0 Å². The Balaban J connectivity index is 2.04. The summed E-state index contributed by atoms with van der Waals surface area (Å²) in [4.78, 5) is 24.6. The summed E-state index contributed by atoms with van der Waals surface area (Å²) in [6.45, 7) is 1.66. The minimum Gasteiger partial charge on any atom is -0.378 e. The third-order valence-electron chi connectivity index (χ3n) is 4.49. The fourth-order valence-corrected chi connectivity index (χ4v) is 4.67. The molecule has 0 aromatic heterocycles. The molecule has 1 aliphatic heterocycles. The zero-order valence-corrected chi connectivity index (χ0v) is 16.2.